The molecule has 1 fully saturated rings. The summed E-state index contributed by atoms with van der Waals surface area (Å²) in [5.74, 6) is -0.235. The Morgan fingerprint density at radius 1 is 0.914 bits per heavy atom. The lowest BCUT2D eigenvalue weighted by Crippen LogP contribution is -2.45. The summed E-state index contributed by atoms with van der Waals surface area (Å²) >= 11 is 0. The number of carbonyl (C=O) groups is 1. The maximum atomic E-state index is 12.6. The number of H-pyrrole nitrogens is 1. The van der Waals surface area contributed by atoms with Crippen LogP contribution >= 0.6 is 0 Å². The van der Waals surface area contributed by atoms with Gasteiger partial charge in [-0.25, -0.2) is 9.50 Å². The van der Waals surface area contributed by atoms with Crippen molar-refractivity contribution < 1.29 is 4.79 Å². The van der Waals surface area contributed by atoms with Gasteiger partial charge >= 0.3 is 0 Å². The highest BCUT2D eigenvalue weighted by atomic mass is 16.2. The van der Waals surface area contributed by atoms with E-state index < -0.39 is 0 Å². The molecular weight excluding hydrogens is 440 g/mol. The summed E-state index contributed by atoms with van der Waals surface area (Å²) in [4.78, 5) is 34.6. The fraction of sp³-hybridized carbons (Fsp3) is 0.296. The van der Waals surface area contributed by atoms with E-state index in [2.05, 4.69) is 67.7 Å². The molecular formula is C27H30N6O2. The maximum absolute atomic E-state index is 12.6. The van der Waals surface area contributed by atoms with Crippen molar-refractivity contribution in [2.24, 2.45) is 0 Å². The van der Waals surface area contributed by atoms with Gasteiger partial charge in [-0.3, -0.25) is 24.5 Å². The number of anilines is 1. The van der Waals surface area contributed by atoms with Crippen molar-refractivity contribution in [2.45, 2.75) is 26.4 Å². The first kappa shape index (κ1) is 23.0. The number of nitrogens with zero attached hydrogens (tertiary/aromatic N) is 4. The number of nitrogens with one attached hydrogen (secondary N) is 2. The summed E-state index contributed by atoms with van der Waals surface area (Å²) in [7, 11) is 0. The molecule has 0 radical (unpaired) electrons. The van der Waals surface area contributed by atoms with Crippen molar-refractivity contribution in [1.82, 2.24) is 24.4 Å². The molecule has 3 heterocycles. The predicted octanol–water partition coefficient (Wildman–Crippen LogP) is 2.83. The van der Waals surface area contributed by atoms with Crippen molar-refractivity contribution in [2.75, 3.05) is 31.5 Å². The quantitative estimate of drug-likeness (QED) is 0.434. The molecule has 0 aliphatic carbocycles. The van der Waals surface area contributed by atoms with E-state index in [4.69, 9.17) is 0 Å². The van der Waals surface area contributed by atoms with Gasteiger partial charge in [0.25, 0.3) is 5.56 Å². The predicted molar refractivity (Wildman–Crippen MR) is 136 cm³/mol. The Bertz CT molecular complexity index is 1350. The molecule has 1 aliphatic heterocycles. The lowest BCUT2D eigenvalue weighted by molar-refractivity contribution is -0.115. The van der Waals surface area contributed by atoms with Gasteiger partial charge in [0, 0.05) is 68.5 Å². The van der Waals surface area contributed by atoms with E-state index in [1.165, 1.54) is 15.6 Å². The number of hydrogen-bond donors (Lipinski definition) is 2. The second kappa shape index (κ2) is 10.2. The van der Waals surface area contributed by atoms with Crippen molar-refractivity contribution >= 4 is 17.2 Å². The van der Waals surface area contributed by atoms with Gasteiger partial charge in [-0.2, -0.15) is 0 Å². The molecule has 2 aromatic heterocycles. The Hall–Kier alpha value is -3.75. The number of aromatic amines is 1. The van der Waals surface area contributed by atoms with Gasteiger partial charge in [-0.15, -0.1) is 0 Å². The van der Waals surface area contributed by atoms with Crippen LogP contribution in [0.4, 0.5) is 5.69 Å². The molecule has 1 aliphatic rings. The smallest absolute Gasteiger partial charge is 0.276 e. The third-order valence-electron chi connectivity index (χ3n) is 6.54. The van der Waals surface area contributed by atoms with Gasteiger partial charge in [0.2, 0.25) is 5.91 Å². The molecule has 5 rings (SSSR count). The Morgan fingerprint density at radius 2 is 1.54 bits per heavy atom. The number of amides is 1. The molecule has 2 aromatic carbocycles. The largest absolute Gasteiger partial charge is 0.326 e. The van der Waals surface area contributed by atoms with Gasteiger partial charge in [0.05, 0.1) is 6.42 Å². The van der Waals surface area contributed by atoms with E-state index in [1.54, 1.807) is 19.2 Å². The Labute approximate surface area is 204 Å². The van der Waals surface area contributed by atoms with E-state index in [1.807, 2.05) is 12.1 Å². The number of aryl methyl sites for hydroxylation is 1. The molecule has 0 spiro atoms. The van der Waals surface area contributed by atoms with Crippen molar-refractivity contribution in [3.05, 3.63) is 99.6 Å². The van der Waals surface area contributed by atoms with E-state index in [9.17, 15) is 9.59 Å². The van der Waals surface area contributed by atoms with Crippen molar-refractivity contribution in [3.63, 3.8) is 0 Å². The van der Waals surface area contributed by atoms with E-state index >= 15 is 0 Å². The summed E-state index contributed by atoms with van der Waals surface area (Å²) in [5.41, 5.74) is 4.57. The molecule has 0 unspecified atom stereocenters. The van der Waals surface area contributed by atoms with Crippen LogP contribution in [-0.2, 0) is 24.3 Å². The van der Waals surface area contributed by atoms with E-state index in [0.29, 0.717) is 16.9 Å². The Balaban J connectivity index is 1.12. The number of piperazine rings is 1. The normalized spacial score (nSPS) is 14.9. The van der Waals surface area contributed by atoms with Crippen LogP contribution in [0.3, 0.4) is 0 Å². The van der Waals surface area contributed by atoms with Gasteiger partial charge in [-0.05, 0) is 30.2 Å². The van der Waals surface area contributed by atoms with Crippen molar-refractivity contribution in [1.29, 1.82) is 0 Å². The zero-order valence-corrected chi connectivity index (χ0v) is 19.9. The number of hydrogen-bond acceptors (Lipinski definition) is 5. The second-order valence-electron chi connectivity index (χ2n) is 9.10. The Morgan fingerprint density at radius 3 is 2.20 bits per heavy atom. The third-order valence-corrected chi connectivity index (χ3v) is 6.54. The number of carbonyl (C=O) groups excluding carboxylic acids is 1. The molecule has 8 heteroatoms. The van der Waals surface area contributed by atoms with Gasteiger partial charge in [0.1, 0.15) is 0 Å². The highest BCUT2D eigenvalue weighted by Gasteiger charge is 2.18. The van der Waals surface area contributed by atoms with Crippen LogP contribution < -0.4 is 10.9 Å². The van der Waals surface area contributed by atoms with Crippen LogP contribution in [0.5, 0.6) is 0 Å². The zero-order chi connectivity index (χ0) is 24.2. The van der Waals surface area contributed by atoms with Gasteiger partial charge in [0.15, 0.2) is 5.65 Å². The highest BCUT2D eigenvalue weighted by Crippen LogP contribution is 2.15. The minimum atomic E-state index is -0.244. The number of benzene rings is 2. The van der Waals surface area contributed by atoms with Crippen LogP contribution in [0, 0.1) is 6.92 Å². The maximum Gasteiger partial charge on any atom is 0.276 e. The fourth-order valence-electron chi connectivity index (χ4n) is 4.57. The standard InChI is InChI=1S/C27H30N6O2/c1-20-24(27(35)33-25(29-20)11-12-28-33)17-26(34)30-23-9-7-22(8-10-23)19-32-15-13-31(14-16-32)18-21-5-3-2-4-6-21/h2-12,28H,13-19H2,1H3,(H,30,34). The second-order valence-corrected chi connectivity index (χ2v) is 9.10. The summed E-state index contributed by atoms with van der Waals surface area (Å²) in [5, 5.41) is 5.74. The monoisotopic (exact) mass is 470 g/mol. The molecule has 8 nitrogen and oxygen atoms in total. The molecule has 0 atom stereocenters. The molecule has 180 valence electrons. The molecule has 4 aromatic rings. The van der Waals surface area contributed by atoms with Crippen LogP contribution in [0.2, 0.25) is 0 Å². The SMILES string of the molecule is Cc1nc2cc[nH]n2c(=O)c1CC(=O)Nc1ccc(CN2CCN(Cc3ccccc3)CC2)cc1. The highest BCUT2D eigenvalue weighted by molar-refractivity contribution is 5.92. The number of rotatable bonds is 7. The summed E-state index contributed by atoms with van der Waals surface area (Å²) in [6.07, 6.45) is 1.63. The van der Waals surface area contributed by atoms with Gasteiger partial charge in [-0.1, -0.05) is 42.5 Å². The first-order chi connectivity index (χ1) is 17.0. The molecule has 1 amide bonds. The van der Waals surface area contributed by atoms with E-state index in [0.717, 1.165) is 45.0 Å². The molecule has 0 saturated carbocycles. The van der Waals surface area contributed by atoms with Crippen molar-refractivity contribution in [3.8, 4) is 0 Å². The first-order valence-corrected chi connectivity index (χ1v) is 12.0. The van der Waals surface area contributed by atoms with Crippen LogP contribution in [0.15, 0.2) is 71.7 Å². The molecule has 35 heavy (non-hydrogen) atoms. The third kappa shape index (κ3) is 5.50. The molecule has 1 saturated heterocycles. The topological polar surface area (TPSA) is 85.7 Å². The fourth-order valence-corrected chi connectivity index (χ4v) is 4.57. The number of fused-ring (bicyclic) bond motifs is 1. The first-order valence-electron chi connectivity index (χ1n) is 12.0. The average molecular weight is 471 g/mol. The lowest BCUT2D eigenvalue weighted by atomic mass is 10.1. The van der Waals surface area contributed by atoms with E-state index in [-0.39, 0.29) is 17.9 Å². The average Bonchev–Trinajstić information content (AvgIpc) is 3.33. The molecule has 2 N–H and O–H groups in total. The van der Waals surface area contributed by atoms with Gasteiger partial charge < -0.3 is 5.32 Å². The lowest BCUT2D eigenvalue weighted by Gasteiger charge is -2.34. The van der Waals surface area contributed by atoms with Crippen LogP contribution in [0.1, 0.15) is 22.4 Å². The van der Waals surface area contributed by atoms with Crippen LogP contribution in [-0.4, -0.2) is 56.5 Å². The minimum Gasteiger partial charge on any atom is -0.326 e. The Kier molecular flexibility index (Phi) is 6.74. The van der Waals surface area contributed by atoms with Crippen LogP contribution in [0.25, 0.3) is 5.65 Å². The number of aromatic nitrogens is 3. The summed E-state index contributed by atoms with van der Waals surface area (Å²) in [6, 6.07) is 20.3. The molecule has 0 bridgehead atoms. The summed E-state index contributed by atoms with van der Waals surface area (Å²) < 4.78 is 1.35. The zero-order valence-electron chi connectivity index (χ0n) is 19.9. The summed E-state index contributed by atoms with van der Waals surface area (Å²) in [6.45, 7) is 7.86. The minimum absolute atomic E-state index is 0.0192.